The van der Waals surface area contributed by atoms with Crippen LogP contribution in [-0.4, -0.2) is 29.5 Å². The Hall–Kier alpha value is -2.65. The lowest BCUT2D eigenvalue weighted by Crippen LogP contribution is -2.35. The van der Waals surface area contributed by atoms with Crippen molar-refractivity contribution < 1.29 is 24.2 Å². The van der Waals surface area contributed by atoms with Crippen molar-refractivity contribution in [1.82, 2.24) is 5.43 Å². The minimum Gasteiger partial charge on any atom is -0.480 e. The maximum Gasteiger partial charge on any atom is 0.341 e. The zero-order valence-electron chi connectivity index (χ0n) is 13.6. The molecular formula is C18H12Br2N2O5. The largest absolute Gasteiger partial charge is 0.480 e. The first-order valence-electron chi connectivity index (χ1n) is 7.62. The van der Waals surface area contributed by atoms with Crippen LogP contribution in [0.4, 0.5) is 5.69 Å². The van der Waals surface area contributed by atoms with E-state index < -0.39 is 24.4 Å². The molecule has 0 aromatic heterocycles. The van der Waals surface area contributed by atoms with E-state index in [1.165, 1.54) is 11.1 Å². The van der Waals surface area contributed by atoms with E-state index in [-0.39, 0.29) is 5.57 Å². The summed E-state index contributed by atoms with van der Waals surface area (Å²) < 4.78 is 6.17. The maximum atomic E-state index is 12.6. The number of nitrogens with zero attached hydrogens (tertiary/aromatic N) is 1. The summed E-state index contributed by atoms with van der Waals surface area (Å²) in [6.45, 7) is -0.495. The van der Waals surface area contributed by atoms with Gasteiger partial charge in [-0.25, -0.2) is 9.80 Å². The highest BCUT2D eigenvalue weighted by atomic mass is 79.9. The average Bonchev–Trinajstić information content (AvgIpc) is 2.90. The summed E-state index contributed by atoms with van der Waals surface area (Å²) in [5, 5.41) is 9.91. The highest BCUT2D eigenvalue weighted by Crippen LogP contribution is 2.35. The number of aliphatic carboxylic acids is 1. The lowest BCUT2D eigenvalue weighted by molar-refractivity contribution is -0.139. The van der Waals surface area contributed by atoms with Crippen molar-refractivity contribution in [3.05, 3.63) is 62.5 Å². The van der Waals surface area contributed by atoms with Gasteiger partial charge >= 0.3 is 5.97 Å². The number of anilines is 1. The number of ether oxygens (including phenoxy) is 1. The number of carbonyl (C=O) groups is 3. The van der Waals surface area contributed by atoms with Gasteiger partial charge in [-0.2, -0.15) is 0 Å². The zero-order valence-corrected chi connectivity index (χ0v) is 16.8. The van der Waals surface area contributed by atoms with E-state index in [9.17, 15) is 14.4 Å². The lowest BCUT2D eigenvalue weighted by atomic mass is 10.1. The number of carboxylic acid groups (broad SMARTS) is 1. The Kier molecular flexibility index (Phi) is 5.62. The van der Waals surface area contributed by atoms with Gasteiger partial charge in [-0.15, -0.1) is 0 Å². The minimum atomic E-state index is -1.10. The molecule has 1 aliphatic rings. The molecule has 2 aromatic carbocycles. The molecule has 1 aliphatic heterocycles. The van der Waals surface area contributed by atoms with Crippen molar-refractivity contribution in [3.8, 4) is 5.75 Å². The first-order valence-corrected chi connectivity index (χ1v) is 9.21. The van der Waals surface area contributed by atoms with E-state index in [1.54, 1.807) is 36.4 Å². The van der Waals surface area contributed by atoms with E-state index in [0.717, 1.165) is 0 Å². The Balaban J connectivity index is 1.89. The topological polar surface area (TPSA) is 95.9 Å². The smallest absolute Gasteiger partial charge is 0.341 e. The number of nitrogens with one attached hydrogen (secondary N) is 1. The van der Waals surface area contributed by atoms with E-state index in [1.807, 2.05) is 6.07 Å². The van der Waals surface area contributed by atoms with Gasteiger partial charge in [0.2, 0.25) is 0 Å². The molecule has 9 heteroatoms. The highest BCUT2D eigenvalue weighted by Gasteiger charge is 2.34. The quantitative estimate of drug-likeness (QED) is 0.490. The maximum absolute atomic E-state index is 12.6. The molecule has 0 saturated carbocycles. The standard InChI is InChI=1S/C18H12Br2N2O5/c19-13-7-10(8-14(20)16(13)27-9-15(23)24)6-12-17(25)21-22(18(12)26)11-4-2-1-3-5-11/h1-8H,9H2,(H,21,25)(H,23,24). The molecule has 1 heterocycles. The van der Waals surface area contributed by atoms with Crippen LogP contribution >= 0.6 is 31.9 Å². The second-order valence-electron chi connectivity index (χ2n) is 5.47. The zero-order chi connectivity index (χ0) is 19.6. The molecular weight excluding hydrogens is 484 g/mol. The molecule has 7 nitrogen and oxygen atoms in total. The Bertz CT molecular complexity index is 936. The number of rotatable bonds is 5. The van der Waals surface area contributed by atoms with Crippen LogP contribution in [0, 0.1) is 0 Å². The summed E-state index contributed by atoms with van der Waals surface area (Å²) in [6, 6.07) is 12.0. The van der Waals surface area contributed by atoms with Gasteiger partial charge in [-0.3, -0.25) is 15.0 Å². The van der Waals surface area contributed by atoms with Gasteiger partial charge in [-0.1, -0.05) is 18.2 Å². The Morgan fingerprint density at radius 1 is 1.15 bits per heavy atom. The second-order valence-corrected chi connectivity index (χ2v) is 7.18. The number of hydrogen-bond acceptors (Lipinski definition) is 4. The van der Waals surface area contributed by atoms with Crippen LogP contribution in [0.5, 0.6) is 5.75 Å². The lowest BCUT2D eigenvalue weighted by Gasteiger charge is -2.13. The van der Waals surface area contributed by atoms with Gasteiger partial charge in [0, 0.05) is 0 Å². The number of carbonyl (C=O) groups excluding carboxylic acids is 2. The Labute approximate surface area is 170 Å². The Morgan fingerprint density at radius 2 is 1.78 bits per heavy atom. The fourth-order valence-corrected chi connectivity index (χ4v) is 3.87. The summed E-state index contributed by atoms with van der Waals surface area (Å²) >= 11 is 6.61. The first kappa shape index (κ1) is 19.1. The van der Waals surface area contributed by atoms with Crippen LogP contribution < -0.4 is 15.2 Å². The van der Waals surface area contributed by atoms with Gasteiger partial charge in [0.25, 0.3) is 11.8 Å². The fraction of sp³-hybridized carbons (Fsp3) is 0.0556. The summed E-state index contributed by atoms with van der Waals surface area (Å²) in [7, 11) is 0. The number of halogens is 2. The minimum absolute atomic E-state index is 0.0168. The van der Waals surface area contributed by atoms with Crippen molar-refractivity contribution in [2.24, 2.45) is 0 Å². The molecule has 1 fully saturated rings. The van der Waals surface area contributed by atoms with Crippen LogP contribution in [0.3, 0.4) is 0 Å². The molecule has 0 atom stereocenters. The number of hydrogen-bond donors (Lipinski definition) is 2. The van der Waals surface area contributed by atoms with Crippen molar-refractivity contribution in [1.29, 1.82) is 0 Å². The number of hydrazine groups is 1. The molecule has 1 saturated heterocycles. The van der Waals surface area contributed by atoms with Crippen LogP contribution in [0.1, 0.15) is 5.56 Å². The van der Waals surface area contributed by atoms with Crippen molar-refractivity contribution in [2.45, 2.75) is 0 Å². The molecule has 0 aliphatic carbocycles. The normalized spacial score (nSPS) is 15.2. The molecule has 2 aromatic rings. The molecule has 2 N–H and O–H groups in total. The van der Waals surface area contributed by atoms with Crippen molar-refractivity contribution >= 4 is 61.4 Å². The molecule has 27 heavy (non-hydrogen) atoms. The van der Waals surface area contributed by atoms with Gasteiger partial charge < -0.3 is 9.84 Å². The molecule has 0 bridgehead atoms. The highest BCUT2D eigenvalue weighted by molar-refractivity contribution is 9.11. The second kappa shape index (κ2) is 7.93. The molecule has 0 unspecified atom stereocenters. The molecule has 138 valence electrons. The van der Waals surface area contributed by atoms with Crippen LogP contribution in [0.15, 0.2) is 57.0 Å². The molecule has 0 radical (unpaired) electrons. The van der Waals surface area contributed by atoms with Crippen molar-refractivity contribution in [2.75, 3.05) is 11.6 Å². The predicted molar refractivity (Wildman–Crippen MR) is 105 cm³/mol. The van der Waals surface area contributed by atoms with Crippen LogP contribution in [0.2, 0.25) is 0 Å². The fourth-order valence-electron chi connectivity index (χ4n) is 2.42. The first-order chi connectivity index (χ1) is 12.9. The summed E-state index contributed by atoms with van der Waals surface area (Å²) in [5.74, 6) is -1.77. The van der Waals surface area contributed by atoms with E-state index in [0.29, 0.717) is 25.9 Å². The third-order valence-corrected chi connectivity index (χ3v) is 4.76. The van der Waals surface area contributed by atoms with E-state index >= 15 is 0 Å². The summed E-state index contributed by atoms with van der Waals surface area (Å²) in [5.41, 5.74) is 3.62. The van der Waals surface area contributed by atoms with Gasteiger partial charge in [0.05, 0.1) is 14.6 Å². The Morgan fingerprint density at radius 3 is 2.37 bits per heavy atom. The number of para-hydroxylation sites is 1. The van der Waals surface area contributed by atoms with Crippen molar-refractivity contribution in [3.63, 3.8) is 0 Å². The molecule has 2 amide bonds. The van der Waals surface area contributed by atoms with Crippen LogP contribution in [-0.2, 0) is 14.4 Å². The van der Waals surface area contributed by atoms with Gasteiger partial charge in [0.1, 0.15) is 11.3 Å². The third-order valence-electron chi connectivity index (χ3n) is 3.58. The van der Waals surface area contributed by atoms with Crippen LogP contribution in [0.25, 0.3) is 6.08 Å². The third kappa shape index (κ3) is 4.20. The van der Waals surface area contributed by atoms with Gasteiger partial charge in [0.15, 0.2) is 6.61 Å². The monoisotopic (exact) mass is 494 g/mol. The molecule has 0 spiro atoms. The van der Waals surface area contributed by atoms with E-state index in [4.69, 9.17) is 9.84 Å². The van der Waals surface area contributed by atoms with Gasteiger partial charge in [-0.05, 0) is 67.8 Å². The summed E-state index contributed by atoms with van der Waals surface area (Å²) in [4.78, 5) is 35.5. The van der Waals surface area contributed by atoms with E-state index in [2.05, 4.69) is 37.3 Å². The predicted octanol–water partition coefficient (Wildman–Crippen LogP) is 3.14. The summed E-state index contributed by atoms with van der Waals surface area (Å²) in [6.07, 6.45) is 1.46. The number of amides is 2. The number of carboxylic acids is 1. The number of benzene rings is 2. The SMILES string of the molecule is O=C(O)COc1c(Br)cc(C=C2C(=O)NN(c3ccccc3)C2=O)cc1Br. The molecule has 3 rings (SSSR count). The average molecular weight is 496 g/mol.